The first-order chi connectivity index (χ1) is 10.1. The molecule has 0 bridgehead atoms. The van der Waals surface area contributed by atoms with Crippen molar-refractivity contribution in [2.75, 3.05) is 26.2 Å². The van der Waals surface area contributed by atoms with E-state index in [4.69, 9.17) is 5.11 Å². The van der Waals surface area contributed by atoms with Crippen molar-refractivity contribution >= 4 is 11.9 Å². The van der Waals surface area contributed by atoms with Crippen LogP contribution in [0.2, 0.25) is 0 Å². The first-order valence-corrected chi connectivity index (χ1v) is 8.34. The van der Waals surface area contributed by atoms with Crippen molar-refractivity contribution in [1.29, 1.82) is 0 Å². The molecule has 0 aromatic heterocycles. The molecule has 21 heavy (non-hydrogen) atoms. The molecular weight excluding hydrogens is 268 g/mol. The van der Waals surface area contributed by atoms with Crippen molar-refractivity contribution in [2.24, 2.45) is 11.8 Å². The fourth-order valence-electron chi connectivity index (χ4n) is 3.58. The van der Waals surface area contributed by atoms with Crippen molar-refractivity contribution in [3.63, 3.8) is 0 Å². The molecule has 1 heterocycles. The highest BCUT2D eigenvalue weighted by Crippen LogP contribution is 2.27. The SMILES string of the molecule is O=C(O)CCN1CCCC(CNC(=O)CC2CCCC2)C1. The van der Waals surface area contributed by atoms with Crippen LogP contribution in [0.3, 0.4) is 0 Å². The van der Waals surface area contributed by atoms with Crippen LogP contribution in [0, 0.1) is 11.8 Å². The molecule has 1 saturated heterocycles. The number of amides is 1. The summed E-state index contributed by atoms with van der Waals surface area (Å²) in [5.41, 5.74) is 0. The predicted octanol–water partition coefficient (Wildman–Crippen LogP) is 1.87. The standard InChI is InChI=1S/C16H28N2O3/c19-15(10-13-4-1-2-5-13)17-11-14-6-3-8-18(12-14)9-7-16(20)21/h13-14H,1-12H2,(H,17,19)(H,20,21). The van der Waals surface area contributed by atoms with E-state index < -0.39 is 5.97 Å². The topological polar surface area (TPSA) is 69.6 Å². The first-order valence-electron chi connectivity index (χ1n) is 8.34. The third kappa shape index (κ3) is 6.04. The Morgan fingerprint density at radius 2 is 1.81 bits per heavy atom. The third-order valence-electron chi connectivity index (χ3n) is 4.78. The lowest BCUT2D eigenvalue weighted by molar-refractivity contribution is -0.137. The Bertz CT molecular complexity index is 353. The van der Waals surface area contributed by atoms with Crippen LogP contribution in [0.5, 0.6) is 0 Å². The maximum Gasteiger partial charge on any atom is 0.304 e. The summed E-state index contributed by atoms with van der Waals surface area (Å²) in [6.07, 6.45) is 8.10. The van der Waals surface area contributed by atoms with Crippen LogP contribution < -0.4 is 5.32 Å². The van der Waals surface area contributed by atoms with E-state index in [1.165, 1.54) is 25.7 Å². The van der Waals surface area contributed by atoms with Gasteiger partial charge in [-0.05, 0) is 44.1 Å². The van der Waals surface area contributed by atoms with Gasteiger partial charge in [0.05, 0.1) is 6.42 Å². The summed E-state index contributed by atoms with van der Waals surface area (Å²) in [6.45, 7) is 3.27. The van der Waals surface area contributed by atoms with E-state index in [0.29, 0.717) is 24.8 Å². The summed E-state index contributed by atoms with van der Waals surface area (Å²) in [5, 5.41) is 11.8. The molecule has 0 aromatic rings. The van der Waals surface area contributed by atoms with Crippen LogP contribution in [0.25, 0.3) is 0 Å². The lowest BCUT2D eigenvalue weighted by atomic mass is 9.97. The van der Waals surface area contributed by atoms with Crippen LogP contribution in [0.4, 0.5) is 0 Å². The number of carbonyl (C=O) groups excluding carboxylic acids is 1. The summed E-state index contributed by atoms with van der Waals surface area (Å²) in [5.74, 6) is 0.537. The quantitative estimate of drug-likeness (QED) is 0.752. The van der Waals surface area contributed by atoms with E-state index in [9.17, 15) is 9.59 Å². The maximum absolute atomic E-state index is 11.9. The van der Waals surface area contributed by atoms with Gasteiger partial charge in [0.15, 0.2) is 0 Å². The highest BCUT2D eigenvalue weighted by molar-refractivity contribution is 5.76. The van der Waals surface area contributed by atoms with E-state index in [0.717, 1.165) is 32.5 Å². The Kier molecular flexibility index (Phi) is 6.49. The Morgan fingerprint density at radius 1 is 1.10 bits per heavy atom. The molecule has 2 aliphatic rings. The molecule has 2 fully saturated rings. The smallest absolute Gasteiger partial charge is 0.304 e. The van der Waals surface area contributed by atoms with Gasteiger partial charge in [-0.2, -0.15) is 0 Å². The van der Waals surface area contributed by atoms with Crippen molar-refractivity contribution in [3.05, 3.63) is 0 Å². The third-order valence-corrected chi connectivity index (χ3v) is 4.78. The minimum Gasteiger partial charge on any atom is -0.481 e. The molecular formula is C16H28N2O3. The van der Waals surface area contributed by atoms with Gasteiger partial charge in [0.1, 0.15) is 0 Å². The molecule has 120 valence electrons. The van der Waals surface area contributed by atoms with Gasteiger partial charge >= 0.3 is 5.97 Å². The molecule has 1 unspecified atom stereocenters. The van der Waals surface area contributed by atoms with Crippen LogP contribution in [-0.2, 0) is 9.59 Å². The summed E-state index contributed by atoms with van der Waals surface area (Å²) >= 11 is 0. The van der Waals surface area contributed by atoms with E-state index in [1.807, 2.05) is 0 Å². The Labute approximate surface area is 127 Å². The molecule has 1 amide bonds. The molecule has 0 radical (unpaired) electrons. The normalized spacial score (nSPS) is 24.1. The van der Waals surface area contributed by atoms with Gasteiger partial charge < -0.3 is 15.3 Å². The van der Waals surface area contributed by atoms with Crippen molar-refractivity contribution in [3.8, 4) is 0 Å². The lowest BCUT2D eigenvalue weighted by Gasteiger charge is -2.32. The Hall–Kier alpha value is -1.10. The second-order valence-corrected chi connectivity index (χ2v) is 6.61. The molecule has 1 aliphatic heterocycles. The van der Waals surface area contributed by atoms with Crippen molar-refractivity contribution in [2.45, 2.75) is 51.4 Å². The highest BCUT2D eigenvalue weighted by atomic mass is 16.4. The van der Waals surface area contributed by atoms with Gasteiger partial charge in [0.2, 0.25) is 5.91 Å². The molecule has 1 saturated carbocycles. The number of piperidine rings is 1. The number of nitrogens with zero attached hydrogens (tertiary/aromatic N) is 1. The second kappa shape index (κ2) is 8.37. The predicted molar refractivity (Wildman–Crippen MR) is 81.0 cm³/mol. The van der Waals surface area contributed by atoms with Crippen molar-refractivity contribution in [1.82, 2.24) is 10.2 Å². The molecule has 0 aromatic carbocycles. The average Bonchev–Trinajstić information content (AvgIpc) is 2.96. The summed E-state index contributed by atoms with van der Waals surface area (Å²) in [4.78, 5) is 24.8. The number of carboxylic acid groups (broad SMARTS) is 1. The van der Waals surface area contributed by atoms with Gasteiger partial charge in [-0.15, -0.1) is 0 Å². The number of nitrogens with one attached hydrogen (secondary N) is 1. The first kappa shape index (κ1) is 16.3. The number of aliphatic carboxylic acids is 1. The van der Waals surface area contributed by atoms with Gasteiger partial charge in [-0.3, -0.25) is 9.59 Å². The molecule has 0 spiro atoms. The van der Waals surface area contributed by atoms with E-state index in [2.05, 4.69) is 10.2 Å². The van der Waals surface area contributed by atoms with E-state index >= 15 is 0 Å². The molecule has 1 aliphatic carbocycles. The Morgan fingerprint density at radius 3 is 2.52 bits per heavy atom. The lowest BCUT2D eigenvalue weighted by Crippen LogP contribution is -2.41. The zero-order chi connectivity index (χ0) is 15.1. The molecule has 2 N–H and O–H groups in total. The van der Waals surface area contributed by atoms with Gasteiger partial charge in [0.25, 0.3) is 0 Å². The second-order valence-electron chi connectivity index (χ2n) is 6.61. The zero-order valence-corrected chi connectivity index (χ0v) is 12.9. The number of hydrogen-bond donors (Lipinski definition) is 2. The van der Waals surface area contributed by atoms with Crippen LogP contribution in [0.15, 0.2) is 0 Å². The molecule has 5 heteroatoms. The summed E-state index contributed by atoms with van der Waals surface area (Å²) in [7, 11) is 0. The molecule has 5 nitrogen and oxygen atoms in total. The fraction of sp³-hybridized carbons (Fsp3) is 0.875. The average molecular weight is 296 g/mol. The van der Waals surface area contributed by atoms with Crippen LogP contribution >= 0.6 is 0 Å². The maximum atomic E-state index is 11.9. The Balaban J connectivity index is 1.62. The number of carbonyl (C=O) groups is 2. The summed E-state index contributed by atoms with van der Waals surface area (Å²) < 4.78 is 0. The number of carboxylic acids is 1. The van der Waals surface area contributed by atoms with Crippen molar-refractivity contribution < 1.29 is 14.7 Å². The van der Waals surface area contributed by atoms with Crippen LogP contribution in [0.1, 0.15) is 51.4 Å². The zero-order valence-electron chi connectivity index (χ0n) is 12.9. The minimum absolute atomic E-state index is 0.199. The van der Waals surface area contributed by atoms with Crippen LogP contribution in [-0.4, -0.2) is 48.1 Å². The molecule has 2 rings (SSSR count). The van der Waals surface area contributed by atoms with E-state index in [1.54, 1.807) is 0 Å². The number of hydrogen-bond acceptors (Lipinski definition) is 3. The summed E-state index contributed by atoms with van der Waals surface area (Å²) in [6, 6.07) is 0. The molecule has 1 atom stereocenters. The van der Waals surface area contributed by atoms with E-state index in [-0.39, 0.29) is 12.3 Å². The number of rotatable bonds is 7. The monoisotopic (exact) mass is 296 g/mol. The number of likely N-dealkylation sites (tertiary alicyclic amines) is 1. The minimum atomic E-state index is -0.734. The van der Waals surface area contributed by atoms with Gasteiger partial charge in [-0.25, -0.2) is 0 Å². The highest BCUT2D eigenvalue weighted by Gasteiger charge is 2.22. The largest absolute Gasteiger partial charge is 0.481 e. The van der Waals surface area contributed by atoms with Gasteiger partial charge in [0, 0.05) is 26.1 Å². The fourth-order valence-corrected chi connectivity index (χ4v) is 3.58. The van der Waals surface area contributed by atoms with Gasteiger partial charge in [-0.1, -0.05) is 12.8 Å².